The Bertz CT molecular complexity index is 536. The lowest BCUT2D eigenvalue weighted by Gasteiger charge is -2.31. The Morgan fingerprint density at radius 2 is 2.08 bits per heavy atom. The Kier molecular flexibility index (Phi) is 5.80. The molecule has 3 N–H and O–H groups in total. The van der Waals surface area contributed by atoms with Gasteiger partial charge in [-0.1, -0.05) is 20.3 Å². The molecule has 0 unspecified atom stereocenters. The van der Waals surface area contributed by atoms with Crippen LogP contribution in [0.15, 0.2) is 0 Å². The summed E-state index contributed by atoms with van der Waals surface area (Å²) in [6.45, 7) is 4.15. The summed E-state index contributed by atoms with van der Waals surface area (Å²) in [5.41, 5.74) is 0. The van der Waals surface area contributed by atoms with Crippen molar-refractivity contribution < 1.29 is 24.3 Å². The molecule has 0 spiro atoms. The summed E-state index contributed by atoms with van der Waals surface area (Å²) in [5.74, 6) is -2.06. The lowest BCUT2D eigenvalue weighted by molar-refractivity contribution is -0.150. The minimum atomic E-state index is -1.02. The molecule has 8 heteroatoms. The number of carboxylic acid groups (broad SMARTS) is 1. The molecule has 0 aromatic carbocycles. The molecule has 0 bridgehead atoms. The van der Waals surface area contributed by atoms with Crippen molar-refractivity contribution in [3.63, 3.8) is 0 Å². The minimum Gasteiger partial charge on any atom is -0.480 e. The van der Waals surface area contributed by atoms with Crippen LogP contribution in [0, 0.1) is 5.92 Å². The van der Waals surface area contributed by atoms with Crippen LogP contribution in [0.3, 0.4) is 0 Å². The number of carboxylic acids is 1. The van der Waals surface area contributed by atoms with E-state index in [1.54, 1.807) is 0 Å². The maximum Gasteiger partial charge on any atom is 0.326 e. The van der Waals surface area contributed by atoms with Crippen molar-refractivity contribution in [2.75, 3.05) is 6.54 Å². The van der Waals surface area contributed by atoms with E-state index in [0.29, 0.717) is 38.6 Å². The number of hydrogen-bond acceptors (Lipinski definition) is 4. The zero-order chi connectivity index (χ0) is 17.9. The van der Waals surface area contributed by atoms with E-state index in [9.17, 15) is 24.3 Å². The number of carbonyl (C=O) groups excluding carboxylic acids is 3. The van der Waals surface area contributed by atoms with Crippen LogP contribution in [0.25, 0.3) is 0 Å². The SMILES string of the molecule is CC[C@H](C)[C@H](NC(=O)[C@@H]1CCC(=O)N1)C(=O)N1CCC[C@H]1C(=O)O. The summed E-state index contributed by atoms with van der Waals surface area (Å²) in [6.07, 6.45) is 2.45. The third-order valence-corrected chi connectivity index (χ3v) is 4.91. The molecule has 0 aromatic rings. The molecule has 2 aliphatic rings. The standard InChI is InChI=1S/C16H25N3O5/c1-3-9(2)13(18-14(21)10-6-7-12(20)17-10)15(22)19-8-4-5-11(19)16(23)24/h9-11,13H,3-8H2,1-2H3,(H,17,20)(H,18,21)(H,23,24)/t9-,10-,11-,13-/m0/s1. The van der Waals surface area contributed by atoms with Crippen molar-refractivity contribution in [1.29, 1.82) is 0 Å². The molecular formula is C16H25N3O5. The van der Waals surface area contributed by atoms with Gasteiger partial charge in [0.2, 0.25) is 17.7 Å². The van der Waals surface area contributed by atoms with Gasteiger partial charge in [-0.25, -0.2) is 4.79 Å². The average molecular weight is 339 g/mol. The Labute approximate surface area is 141 Å². The number of hydrogen-bond donors (Lipinski definition) is 3. The molecule has 3 amide bonds. The predicted molar refractivity (Wildman–Crippen MR) is 84.9 cm³/mol. The number of aliphatic carboxylic acids is 1. The number of nitrogens with one attached hydrogen (secondary N) is 2. The zero-order valence-corrected chi connectivity index (χ0v) is 14.1. The van der Waals surface area contributed by atoms with Crippen LogP contribution < -0.4 is 10.6 Å². The van der Waals surface area contributed by atoms with Crippen LogP contribution in [-0.2, 0) is 19.2 Å². The lowest BCUT2D eigenvalue weighted by atomic mass is 9.97. The van der Waals surface area contributed by atoms with E-state index in [2.05, 4.69) is 10.6 Å². The Balaban J connectivity index is 2.10. The van der Waals surface area contributed by atoms with E-state index in [4.69, 9.17) is 0 Å². The van der Waals surface area contributed by atoms with Crippen molar-refractivity contribution in [3.8, 4) is 0 Å². The topological polar surface area (TPSA) is 116 Å². The summed E-state index contributed by atoms with van der Waals surface area (Å²) in [6, 6.07) is -2.22. The maximum absolute atomic E-state index is 12.8. The summed E-state index contributed by atoms with van der Waals surface area (Å²) in [4.78, 5) is 49.1. The van der Waals surface area contributed by atoms with Crippen molar-refractivity contribution in [1.82, 2.24) is 15.5 Å². The highest BCUT2D eigenvalue weighted by Crippen LogP contribution is 2.21. The van der Waals surface area contributed by atoms with Gasteiger partial charge in [0.25, 0.3) is 0 Å². The predicted octanol–water partition coefficient (Wildman–Crippen LogP) is -0.128. The number of nitrogens with zero attached hydrogens (tertiary/aromatic N) is 1. The van der Waals surface area contributed by atoms with E-state index in [-0.39, 0.29) is 23.6 Å². The first-order valence-electron chi connectivity index (χ1n) is 8.48. The molecule has 134 valence electrons. The molecule has 2 aliphatic heterocycles. The second-order valence-electron chi connectivity index (χ2n) is 6.56. The zero-order valence-electron chi connectivity index (χ0n) is 14.1. The molecule has 0 aromatic heterocycles. The van der Waals surface area contributed by atoms with Gasteiger partial charge in [-0.15, -0.1) is 0 Å². The quantitative estimate of drug-likeness (QED) is 0.623. The lowest BCUT2D eigenvalue weighted by Crippen LogP contribution is -2.56. The van der Waals surface area contributed by atoms with Gasteiger partial charge in [0.1, 0.15) is 18.1 Å². The molecule has 24 heavy (non-hydrogen) atoms. The summed E-state index contributed by atoms with van der Waals surface area (Å²) in [7, 11) is 0. The summed E-state index contributed by atoms with van der Waals surface area (Å²) >= 11 is 0. The van der Waals surface area contributed by atoms with E-state index >= 15 is 0 Å². The fourth-order valence-electron chi connectivity index (χ4n) is 3.21. The minimum absolute atomic E-state index is 0.131. The van der Waals surface area contributed by atoms with Crippen molar-refractivity contribution in [3.05, 3.63) is 0 Å². The van der Waals surface area contributed by atoms with E-state index < -0.39 is 24.1 Å². The molecular weight excluding hydrogens is 314 g/mol. The molecule has 2 saturated heterocycles. The van der Waals surface area contributed by atoms with Gasteiger partial charge in [-0.2, -0.15) is 0 Å². The molecule has 0 radical (unpaired) electrons. The number of likely N-dealkylation sites (tertiary alicyclic amines) is 1. The van der Waals surface area contributed by atoms with E-state index in [0.717, 1.165) is 0 Å². The number of carbonyl (C=O) groups is 4. The first-order chi connectivity index (χ1) is 11.3. The van der Waals surface area contributed by atoms with Gasteiger partial charge in [0.15, 0.2) is 0 Å². The fourth-order valence-corrected chi connectivity index (χ4v) is 3.21. The Morgan fingerprint density at radius 1 is 1.38 bits per heavy atom. The maximum atomic E-state index is 12.8. The molecule has 8 nitrogen and oxygen atoms in total. The second kappa shape index (κ2) is 7.63. The fraction of sp³-hybridized carbons (Fsp3) is 0.750. The van der Waals surface area contributed by atoms with Crippen molar-refractivity contribution in [2.45, 2.75) is 64.1 Å². The van der Waals surface area contributed by atoms with Gasteiger partial charge in [-0.05, 0) is 25.2 Å². The third-order valence-electron chi connectivity index (χ3n) is 4.91. The van der Waals surface area contributed by atoms with E-state index in [1.165, 1.54) is 4.90 Å². The normalized spacial score (nSPS) is 25.9. The molecule has 2 rings (SSSR count). The van der Waals surface area contributed by atoms with E-state index in [1.807, 2.05) is 13.8 Å². The summed E-state index contributed by atoms with van der Waals surface area (Å²) in [5, 5.41) is 14.6. The highest BCUT2D eigenvalue weighted by atomic mass is 16.4. The van der Waals surface area contributed by atoms with Gasteiger partial charge >= 0.3 is 5.97 Å². The molecule has 0 aliphatic carbocycles. The van der Waals surface area contributed by atoms with Gasteiger partial charge in [0.05, 0.1) is 0 Å². The molecule has 4 atom stereocenters. The number of rotatable bonds is 6. The summed E-state index contributed by atoms with van der Waals surface area (Å²) < 4.78 is 0. The van der Waals surface area contributed by atoms with Crippen LogP contribution in [0.4, 0.5) is 0 Å². The van der Waals surface area contributed by atoms with Crippen LogP contribution >= 0.6 is 0 Å². The molecule has 2 heterocycles. The monoisotopic (exact) mass is 339 g/mol. The van der Waals surface area contributed by atoms with Crippen LogP contribution in [0.2, 0.25) is 0 Å². The van der Waals surface area contributed by atoms with Gasteiger partial charge < -0.3 is 20.6 Å². The molecule has 2 fully saturated rings. The average Bonchev–Trinajstić information content (AvgIpc) is 3.19. The Morgan fingerprint density at radius 3 is 2.62 bits per heavy atom. The first-order valence-corrected chi connectivity index (χ1v) is 8.48. The van der Waals surface area contributed by atoms with Crippen molar-refractivity contribution in [2.24, 2.45) is 5.92 Å². The first kappa shape index (κ1) is 18.2. The van der Waals surface area contributed by atoms with Crippen LogP contribution in [0.1, 0.15) is 46.0 Å². The smallest absolute Gasteiger partial charge is 0.326 e. The molecule has 0 saturated carbocycles. The van der Waals surface area contributed by atoms with Gasteiger partial charge in [-0.3, -0.25) is 14.4 Å². The number of amides is 3. The second-order valence-corrected chi connectivity index (χ2v) is 6.56. The Hall–Kier alpha value is -2.12. The van der Waals surface area contributed by atoms with Gasteiger partial charge in [0, 0.05) is 13.0 Å². The van der Waals surface area contributed by atoms with Crippen molar-refractivity contribution >= 4 is 23.7 Å². The highest BCUT2D eigenvalue weighted by Gasteiger charge is 2.40. The third kappa shape index (κ3) is 3.85. The largest absolute Gasteiger partial charge is 0.480 e. The van der Waals surface area contributed by atoms with Crippen LogP contribution in [-0.4, -0.2) is 58.4 Å². The highest BCUT2D eigenvalue weighted by molar-refractivity contribution is 5.95. The van der Waals surface area contributed by atoms with Crippen LogP contribution in [0.5, 0.6) is 0 Å².